The van der Waals surface area contributed by atoms with Gasteiger partial charge in [0.1, 0.15) is 6.61 Å². The normalized spacial score (nSPS) is 14.7. The van der Waals surface area contributed by atoms with Crippen molar-refractivity contribution in [2.75, 3.05) is 20.2 Å². The molecule has 1 aliphatic heterocycles. The van der Waals surface area contributed by atoms with E-state index in [9.17, 15) is 9.59 Å². The van der Waals surface area contributed by atoms with E-state index in [1.54, 1.807) is 23.2 Å². The fourth-order valence-corrected chi connectivity index (χ4v) is 3.02. The van der Waals surface area contributed by atoms with Gasteiger partial charge in [-0.15, -0.1) is 0 Å². The van der Waals surface area contributed by atoms with E-state index in [0.29, 0.717) is 44.0 Å². The van der Waals surface area contributed by atoms with E-state index in [1.807, 2.05) is 30.3 Å². The predicted molar refractivity (Wildman–Crippen MR) is 95.7 cm³/mol. The first-order valence-corrected chi connectivity index (χ1v) is 8.67. The average Bonchev–Trinajstić information content (AvgIpc) is 2.72. The molecule has 0 unspecified atom stereocenters. The Balaban J connectivity index is 1.59. The molecule has 0 atom stereocenters. The molecule has 2 aromatic rings. The third-order valence-electron chi connectivity index (χ3n) is 4.53. The van der Waals surface area contributed by atoms with E-state index in [1.165, 1.54) is 7.11 Å². The molecule has 2 heterocycles. The first kappa shape index (κ1) is 17.9. The molecule has 1 aliphatic rings. The Morgan fingerprint density at radius 1 is 1.15 bits per heavy atom. The molecule has 1 fully saturated rings. The molecule has 26 heavy (non-hydrogen) atoms. The summed E-state index contributed by atoms with van der Waals surface area (Å²) in [6.45, 7) is 1.48. The second kappa shape index (κ2) is 8.47. The molecule has 0 saturated carbocycles. The zero-order valence-corrected chi connectivity index (χ0v) is 14.8. The number of likely N-dealkylation sites (tertiary alicyclic amines) is 1. The molecule has 0 spiro atoms. The lowest BCUT2D eigenvalue weighted by molar-refractivity contribution is -0.146. The minimum Gasteiger partial charge on any atom is -0.473 e. The van der Waals surface area contributed by atoms with Gasteiger partial charge in [-0.3, -0.25) is 9.59 Å². The number of methoxy groups -OCH3 is 1. The first-order valence-electron chi connectivity index (χ1n) is 8.67. The van der Waals surface area contributed by atoms with Crippen LogP contribution in [-0.2, 0) is 16.1 Å². The number of hydrogen-bond donors (Lipinski definition) is 0. The highest BCUT2D eigenvalue weighted by Gasteiger charge is 2.28. The molecule has 136 valence electrons. The van der Waals surface area contributed by atoms with Gasteiger partial charge in [0.05, 0.1) is 13.0 Å². The average molecular weight is 354 g/mol. The van der Waals surface area contributed by atoms with E-state index in [0.717, 1.165) is 5.56 Å². The Labute approximate surface area is 152 Å². The molecular formula is C20H22N2O4. The summed E-state index contributed by atoms with van der Waals surface area (Å²) in [5.41, 5.74) is 1.58. The Kier molecular flexibility index (Phi) is 5.84. The Hall–Kier alpha value is -2.89. The Morgan fingerprint density at radius 2 is 1.88 bits per heavy atom. The van der Waals surface area contributed by atoms with E-state index in [-0.39, 0.29) is 17.8 Å². The standard InChI is InChI=1S/C20H22N2O4/c1-25-20(24)16-8-11-22(12-9-16)19(23)17-7-10-21-18(13-17)26-14-15-5-3-2-4-6-15/h2-7,10,13,16H,8-9,11-12,14H2,1H3. The number of nitrogens with zero attached hydrogens (tertiary/aromatic N) is 2. The fourth-order valence-electron chi connectivity index (χ4n) is 3.02. The van der Waals surface area contributed by atoms with Crippen molar-refractivity contribution in [1.82, 2.24) is 9.88 Å². The Bertz CT molecular complexity index is 755. The largest absolute Gasteiger partial charge is 0.473 e. The summed E-state index contributed by atoms with van der Waals surface area (Å²) in [4.78, 5) is 30.2. The van der Waals surface area contributed by atoms with Gasteiger partial charge >= 0.3 is 5.97 Å². The molecule has 1 saturated heterocycles. The first-order chi connectivity index (χ1) is 12.7. The summed E-state index contributed by atoms with van der Waals surface area (Å²) in [6.07, 6.45) is 2.83. The van der Waals surface area contributed by atoms with Gasteiger partial charge in [-0.05, 0) is 24.5 Å². The highest BCUT2D eigenvalue weighted by molar-refractivity contribution is 5.94. The molecule has 1 aromatic carbocycles. The van der Waals surface area contributed by atoms with Crippen LogP contribution in [0, 0.1) is 5.92 Å². The van der Waals surface area contributed by atoms with Crippen molar-refractivity contribution in [1.29, 1.82) is 0 Å². The summed E-state index contributed by atoms with van der Waals surface area (Å²) < 4.78 is 10.5. The topological polar surface area (TPSA) is 68.7 Å². The predicted octanol–water partition coefficient (Wildman–Crippen LogP) is 2.69. The van der Waals surface area contributed by atoms with Crippen molar-refractivity contribution in [3.63, 3.8) is 0 Å². The van der Waals surface area contributed by atoms with Crippen LogP contribution in [0.5, 0.6) is 5.88 Å². The number of amides is 1. The van der Waals surface area contributed by atoms with Gasteiger partial charge in [-0.2, -0.15) is 0 Å². The number of esters is 1. The van der Waals surface area contributed by atoms with Gasteiger partial charge in [-0.25, -0.2) is 4.98 Å². The molecule has 0 aliphatic carbocycles. The third kappa shape index (κ3) is 4.39. The molecule has 6 nitrogen and oxygen atoms in total. The number of rotatable bonds is 5. The van der Waals surface area contributed by atoms with E-state index < -0.39 is 0 Å². The molecule has 0 N–H and O–H groups in total. The number of carbonyl (C=O) groups is 2. The van der Waals surface area contributed by atoms with Gasteiger partial charge in [0, 0.05) is 30.9 Å². The summed E-state index contributed by atoms with van der Waals surface area (Å²) in [5, 5.41) is 0. The van der Waals surface area contributed by atoms with Crippen LogP contribution in [0.1, 0.15) is 28.8 Å². The van der Waals surface area contributed by atoms with Crippen LogP contribution in [-0.4, -0.2) is 42.0 Å². The third-order valence-corrected chi connectivity index (χ3v) is 4.53. The molecule has 1 amide bonds. The number of aromatic nitrogens is 1. The zero-order valence-electron chi connectivity index (χ0n) is 14.8. The SMILES string of the molecule is COC(=O)C1CCN(C(=O)c2ccnc(OCc3ccccc3)c2)CC1. The van der Waals surface area contributed by atoms with E-state index in [2.05, 4.69) is 4.98 Å². The zero-order chi connectivity index (χ0) is 18.4. The lowest BCUT2D eigenvalue weighted by Gasteiger charge is -2.30. The van der Waals surface area contributed by atoms with Crippen molar-refractivity contribution in [3.05, 3.63) is 59.8 Å². The van der Waals surface area contributed by atoms with Crippen molar-refractivity contribution < 1.29 is 19.1 Å². The van der Waals surface area contributed by atoms with Gasteiger partial charge in [0.25, 0.3) is 5.91 Å². The number of piperidine rings is 1. The second-order valence-corrected chi connectivity index (χ2v) is 6.25. The number of carbonyl (C=O) groups excluding carboxylic acids is 2. The highest BCUT2D eigenvalue weighted by atomic mass is 16.5. The molecule has 1 aromatic heterocycles. The van der Waals surface area contributed by atoms with Crippen LogP contribution >= 0.6 is 0 Å². The number of benzene rings is 1. The molecule has 0 radical (unpaired) electrons. The summed E-state index contributed by atoms with van der Waals surface area (Å²) >= 11 is 0. The Morgan fingerprint density at radius 3 is 2.58 bits per heavy atom. The van der Waals surface area contributed by atoms with Crippen molar-refractivity contribution in [2.45, 2.75) is 19.4 Å². The van der Waals surface area contributed by atoms with Crippen molar-refractivity contribution in [2.24, 2.45) is 5.92 Å². The number of hydrogen-bond acceptors (Lipinski definition) is 5. The maximum atomic E-state index is 12.7. The van der Waals surface area contributed by atoms with Crippen LogP contribution in [0.25, 0.3) is 0 Å². The van der Waals surface area contributed by atoms with Crippen molar-refractivity contribution in [3.8, 4) is 5.88 Å². The minimum absolute atomic E-state index is 0.0692. The number of ether oxygens (including phenoxy) is 2. The maximum absolute atomic E-state index is 12.7. The van der Waals surface area contributed by atoms with Crippen LogP contribution in [0.3, 0.4) is 0 Å². The number of pyridine rings is 1. The van der Waals surface area contributed by atoms with Gasteiger partial charge in [0.15, 0.2) is 0 Å². The van der Waals surface area contributed by atoms with E-state index in [4.69, 9.17) is 9.47 Å². The van der Waals surface area contributed by atoms with Crippen LogP contribution in [0.2, 0.25) is 0 Å². The quantitative estimate of drug-likeness (QED) is 0.772. The van der Waals surface area contributed by atoms with Gasteiger partial charge in [0.2, 0.25) is 5.88 Å². The monoisotopic (exact) mass is 354 g/mol. The van der Waals surface area contributed by atoms with Gasteiger partial charge in [-0.1, -0.05) is 30.3 Å². The minimum atomic E-state index is -0.197. The lowest BCUT2D eigenvalue weighted by Crippen LogP contribution is -2.40. The highest BCUT2D eigenvalue weighted by Crippen LogP contribution is 2.21. The maximum Gasteiger partial charge on any atom is 0.308 e. The smallest absolute Gasteiger partial charge is 0.308 e. The second-order valence-electron chi connectivity index (χ2n) is 6.25. The summed E-state index contributed by atoms with van der Waals surface area (Å²) in [7, 11) is 1.40. The molecule has 0 bridgehead atoms. The summed E-state index contributed by atoms with van der Waals surface area (Å²) in [6, 6.07) is 13.1. The van der Waals surface area contributed by atoms with Gasteiger partial charge < -0.3 is 14.4 Å². The van der Waals surface area contributed by atoms with Crippen molar-refractivity contribution >= 4 is 11.9 Å². The molecule has 6 heteroatoms. The van der Waals surface area contributed by atoms with Crippen LogP contribution < -0.4 is 4.74 Å². The lowest BCUT2D eigenvalue weighted by atomic mass is 9.96. The van der Waals surface area contributed by atoms with Crippen LogP contribution in [0.15, 0.2) is 48.7 Å². The molecular weight excluding hydrogens is 332 g/mol. The van der Waals surface area contributed by atoms with Crippen LogP contribution in [0.4, 0.5) is 0 Å². The molecule has 3 rings (SSSR count). The fraction of sp³-hybridized carbons (Fsp3) is 0.350. The summed E-state index contributed by atoms with van der Waals surface area (Å²) in [5.74, 6) is 0.0355. The van der Waals surface area contributed by atoms with E-state index >= 15 is 0 Å².